The van der Waals surface area contributed by atoms with Gasteiger partial charge in [-0.25, -0.2) is 9.18 Å². The van der Waals surface area contributed by atoms with Gasteiger partial charge in [-0.15, -0.1) is 0 Å². The zero-order chi connectivity index (χ0) is 19.7. The normalized spacial score (nSPS) is 13.9. The third-order valence-corrected chi connectivity index (χ3v) is 4.29. The van der Waals surface area contributed by atoms with E-state index >= 15 is 0 Å². The van der Waals surface area contributed by atoms with Gasteiger partial charge >= 0.3 is 5.97 Å². The number of ketones is 1. The number of hydrogen-bond acceptors (Lipinski definition) is 4. The van der Waals surface area contributed by atoms with E-state index in [4.69, 9.17) is 21.1 Å². The van der Waals surface area contributed by atoms with Gasteiger partial charge in [-0.2, -0.15) is 0 Å². The molecule has 0 atom stereocenters. The van der Waals surface area contributed by atoms with Gasteiger partial charge in [0.05, 0.1) is 11.1 Å². The second-order valence-corrected chi connectivity index (χ2v) is 6.49. The summed E-state index contributed by atoms with van der Waals surface area (Å²) in [6, 6.07) is 16.7. The summed E-state index contributed by atoms with van der Waals surface area (Å²) in [5.41, 5.74) is 1.14. The number of benzene rings is 3. The Labute approximate surface area is 164 Å². The summed E-state index contributed by atoms with van der Waals surface area (Å²) < 4.78 is 24.2. The summed E-state index contributed by atoms with van der Waals surface area (Å²) in [6.45, 7) is 0. The lowest BCUT2D eigenvalue weighted by molar-refractivity contribution is 0.0734. The number of ether oxygens (including phenoxy) is 2. The predicted molar refractivity (Wildman–Crippen MR) is 102 cm³/mol. The fraction of sp³-hybridized carbons (Fsp3) is 0. The number of hydrogen-bond donors (Lipinski definition) is 0. The minimum Gasteiger partial charge on any atom is -0.452 e. The van der Waals surface area contributed by atoms with Gasteiger partial charge in [0.25, 0.3) is 0 Å². The van der Waals surface area contributed by atoms with Crippen LogP contribution in [0, 0.1) is 5.82 Å². The number of carbonyl (C=O) groups is 2. The molecule has 0 N–H and O–H groups in total. The first-order chi connectivity index (χ1) is 13.5. The van der Waals surface area contributed by atoms with E-state index in [9.17, 15) is 14.0 Å². The van der Waals surface area contributed by atoms with Crippen LogP contribution in [0.15, 0.2) is 72.5 Å². The van der Waals surface area contributed by atoms with Crippen molar-refractivity contribution < 1.29 is 23.5 Å². The van der Waals surface area contributed by atoms with Gasteiger partial charge in [0.15, 0.2) is 5.76 Å². The lowest BCUT2D eigenvalue weighted by Gasteiger charge is -2.06. The van der Waals surface area contributed by atoms with Crippen LogP contribution in [0.2, 0.25) is 5.02 Å². The quantitative estimate of drug-likeness (QED) is 0.343. The maximum Gasteiger partial charge on any atom is 0.343 e. The minimum absolute atomic E-state index is 0.0684. The highest BCUT2D eigenvalue weighted by Crippen LogP contribution is 2.35. The van der Waals surface area contributed by atoms with E-state index in [0.29, 0.717) is 21.7 Å². The molecule has 0 aliphatic carbocycles. The van der Waals surface area contributed by atoms with Crippen molar-refractivity contribution in [2.75, 3.05) is 0 Å². The number of halogens is 2. The van der Waals surface area contributed by atoms with Gasteiger partial charge in [0, 0.05) is 11.1 Å². The standard InChI is InChI=1S/C22H12ClFO4/c23-15-5-2-4-14(11-15)22(26)27-17-7-8-18-19(12-17)28-20(21(18)25)10-13-3-1-6-16(24)9-13/h1-12H/b20-10-. The highest BCUT2D eigenvalue weighted by molar-refractivity contribution is 6.30. The zero-order valence-electron chi connectivity index (χ0n) is 14.3. The molecule has 1 heterocycles. The van der Waals surface area contributed by atoms with Crippen molar-refractivity contribution >= 4 is 29.4 Å². The van der Waals surface area contributed by atoms with Gasteiger partial charge in [-0.3, -0.25) is 4.79 Å². The maximum atomic E-state index is 13.3. The molecular formula is C22H12ClFO4. The van der Waals surface area contributed by atoms with Crippen LogP contribution >= 0.6 is 11.6 Å². The third-order valence-electron chi connectivity index (χ3n) is 4.06. The van der Waals surface area contributed by atoms with Crippen molar-refractivity contribution in [1.82, 2.24) is 0 Å². The largest absolute Gasteiger partial charge is 0.452 e. The summed E-state index contributed by atoms with van der Waals surface area (Å²) in [5, 5.41) is 0.421. The van der Waals surface area contributed by atoms with E-state index in [-0.39, 0.29) is 23.0 Å². The van der Waals surface area contributed by atoms with Crippen LogP contribution < -0.4 is 9.47 Å². The lowest BCUT2D eigenvalue weighted by Crippen LogP contribution is -2.08. The smallest absolute Gasteiger partial charge is 0.343 e. The molecule has 0 saturated heterocycles. The molecular weight excluding hydrogens is 383 g/mol. The molecule has 28 heavy (non-hydrogen) atoms. The summed E-state index contributed by atoms with van der Waals surface area (Å²) in [5.74, 6) is -0.756. The fourth-order valence-corrected chi connectivity index (χ4v) is 2.95. The minimum atomic E-state index is -0.581. The molecule has 138 valence electrons. The van der Waals surface area contributed by atoms with Crippen LogP contribution in [-0.4, -0.2) is 11.8 Å². The van der Waals surface area contributed by atoms with Crippen LogP contribution in [0.3, 0.4) is 0 Å². The Bertz CT molecular complexity index is 1140. The molecule has 0 aromatic heterocycles. The fourth-order valence-electron chi connectivity index (χ4n) is 2.76. The molecule has 6 heteroatoms. The van der Waals surface area contributed by atoms with Gasteiger partial charge < -0.3 is 9.47 Å². The second-order valence-electron chi connectivity index (χ2n) is 6.05. The first-order valence-corrected chi connectivity index (χ1v) is 8.69. The number of allylic oxidation sites excluding steroid dienone is 1. The van der Waals surface area contributed by atoms with E-state index in [0.717, 1.165) is 0 Å². The molecule has 0 unspecified atom stereocenters. The summed E-state index contributed by atoms with van der Waals surface area (Å²) in [7, 11) is 0. The Kier molecular flexibility index (Phi) is 4.67. The van der Waals surface area contributed by atoms with Gasteiger partial charge in [-0.1, -0.05) is 29.8 Å². The topological polar surface area (TPSA) is 52.6 Å². The Hall–Kier alpha value is -3.44. The molecule has 0 amide bonds. The zero-order valence-corrected chi connectivity index (χ0v) is 15.1. The Morgan fingerprint density at radius 1 is 1.04 bits per heavy atom. The van der Waals surface area contributed by atoms with Crippen molar-refractivity contribution in [3.8, 4) is 11.5 Å². The SMILES string of the molecule is O=C(Oc1ccc2c(c1)O/C(=C\c1cccc(F)c1)C2=O)c1cccc(Cl)c1. The molecule has 1 aliphatic heterocycles. The summed E-state index contributed by atoms with van der Waals surface area (Å²) >= 11 is 5.88. The summed E-state index contributed by atoms with van der Waals surface area (Å²) in [4.78, 5) is 24.7. The van der Waals surface area contributed by atoms with E-state index in [2.05, 4.69) is 0 Å². The first kappa shape index (κ1) is 17.9. The predicted octanol–water partition coefficient (Wildman–Crippen LogP) is 5.31. The first-order valence-electron chi connectivity index (χ1n) is 8.31. The third kappa shape index (κ3) is 3.66. The number of carbonyl (C=O) groups excluding carboxylic acids is 2. The van der Waals surface area contributed by atoms with E-state index < -0.39 is 11.8 Å². The molecule has 4 rings (SSSR count). The van der Waals surface area contributed by atoms with Crippen molar-refractivity contribution in [1.29, 1.82) is 0 Å². The van der Waals surface area contributed by atoms with Crippen molar-refractivity contribution in [3.05, 3.63) is 100 Å². The van der Waals surface area contributed by atoms with Crippen LogP contribution in [0.25, 0.3) is 6.08 Å². The van der Waals surface area contributed by atoms with E-state index in [1.807, 2.05) is 0 Å². The van der Waals surface area contributed by atoms with Crippen molar-refractivity contribution in [2.45, 2.75) is 0 Å². The highest BCUT2D eigenvalue weighted by atomic mass is 35.5. The number of Topliss-reactive ketones (excluding diaryl/α,β-unsaturated/α-hetero) is 1. The average molecular weight is 395 g/mol. The Morgan fingerprint density at radius 3 is 2.64 bits per heavy atom. The molecule has 0 fully saturated rings. The average Bonchev–Trinajstić information content (AvgIpc) is 2.97. The second kappa shape index (κ2) is 7.29. The van der Waals surface area contributed by atoms with Gasteiger partial charge in [-0.05, 0) is 54.1 Å². The van der Waals surface area contributed by atoms with E-state index in [1.165, 1.54) is 42.5 Å². The Balaban J connectivity index is 1.56. The molecule has 1 aliphatic rings. The van der Waals surface area contributed by atoms with Crippen LogP contribution in [0.1, 0.15) is 26.3 Å². The molecule has 0 saturated carbocycles. The number of rotatable bonds is 3. The van der Waals surface area contributed by atoms with Crippen LogP contribution in [-0.2, 0) is 0 Å². The lowest BCUT2D eigenvalue weighted by atomic mass is 10.1. The molecule has 3 aromatic rings. The number of fused-ring (bicyclic) bond motifs is 1. The van der Waals surface area contributed by atoms with Crippen LogP contribution in [0.4, 0.5) is 4.39 Å². The van der Waals surface area contributed by atoms with Gasteiger partial charge in [0.1, 0.15) is 17.3 Å². The molecule has 3 aromatic carbocycles. The number of esters is 1. The van der Waals surface area contributed by atoms with Crippen molar-refractivity contribution in [3.63, 3.8) is 0 Å². The molecule has 0 bridgehead atoms. The summed E-state index contributed by atoms with van der Waals surface area (Å²) in [6.07, 6.45) is 1.46. The molecule has 0 spiro atoms. The highest BCUT2D eigenvalue weighted by Gasteiger charge is 2.28. The molecule has 4 nitrogen and oxygen atoms in total. The monoisotopic (exact) mass is 394 g/mol. The van der Waals surface area contributed by atoms with Crippen molar-refractivity contribution in [2.24, 2.45) is 0 Å². The van der Waals surface area contributed by atoms with E-state index in [1.54, 1.807) is 30.3 Å². The Morgan fingerprint density at radius 2 is 1.86 bits per heavy atom. The van der Waals surface area contributed by atoms with Gasteiger partial charge in [0.2, 0.25) is 5.78 Å². The van der Waals surface area contributed by atoms with Crippen LogP contribution in [0.5, 0.6) is 11.5 Å². The maximum absolute atomic E-state index is 13.3. The molecule has 0 radical (unpaired) electrons.